The van der Waals surface area contributed by atoms with Gasteiger partial charge in [-0.3, -0.25) is 9.48 Å². The van der Waals surface area contributed by atoms with E-state index in [0.29, 0.717) is 18.0 Å². The molecule has 102 valence electrons. The van der Waals surface area contributed by atoms with Gasteiger partial charge in [-0.1, -0.05) is 6.92 Å². The maximum Gasteiger partial charge on any atom is 0.254 e. The van der Waals surface area contributed by atoms with Crippen molar-refractivity contribution < 1.29 is 9.21 Å². The highest BCUT2D eigenvalue weighted by atomic mass is 16.3. The number of rotatable bonds is 5. The van der Waals surface area contributed by atoms with E-state index in [9.17, 15) is 4.79 Å². The van der Waals surface area contributed by atoms with Crippen molar-refractivity contribution in [3.63, 3.8) is 0 Å². The minimum absolute atomic E-state index is 0.103. The van der Waals surface area contributed by atoms with Gasteiger partial charge in [-0.25, -0.2) is 0 Å². The molecule has 5 nitrogen and oxygen atoms in total. The second kappa shape index (κ2) is 5.73. The van der Waals surface area contributed by atoms with Crippen LogP contribution < -0.4 is 5.32 Å². The molecule has 0 unspecified atom stereocenters. The van der Waals surface area contributed by atoms with Crippen LogP contribution in [0.15, 0.2) is 29.1 Å². The third kappa shape index (κ3) is 3.47. The Labute approximate surface area is 112 Å². The number of aromatic nitrogens is 2. The number of aryl methyl sites for hydroxylation is 2. The summed E-state index contributed by atoms with van der Waals surface area (Å²) < 4.78 is 6.86. The minimum atomic E-state index is -0.103. The Morgan fingerprint density at radius 2 is 2.32 bits per heavy atom. The summed E-state index contributed by atoms with van der Waals surface area (Å²) in [6.07, 6.45) is 2.94. The summed E-state index contributed by atoms with van der Waals surface area (Å²) in [6, 6.07) is 3.71. The molecule has 0 aromatic carbocycles. The Morgan fingerprint density at radius 1 is 1.53 bits per heavy atom. The van der Waals surface area contributed by atoms with E-state index in [1.165, 1.54) is 12.5 Å². The van der Waals surface area contributed by atoms with Crippen LogP contribution in [0.2, 0.25) is 0 Å². The van der Waals surface area contributed by atoms with E-state index in [-0.39, 0.29) is 5.91 Å². The summed E-state index contributed by atoms with van der Waals surface area (Å²) in [4.78, 5) is 11.7. The Morgan fingerprint density at radius 3 is 2.89 bits per heavy atom. The predicted molar refractivity (Wildman–Crippen MR) is 71.9 cm³/mol. The van der Waals surface area contributed by atoms with E-state index in [2.05, 4.69) is 23.4 Å². The van der Waals surface area contributed by atoms with Crippen molar-refractivity contribution in [2.75, 3.05) is 6.54 Å². The van der Waals surface area contributed by atoms with E-state index in [0.717, 1.165) is 17.9 Å². The van der Waals surface area contributed by atoms with E-state index in [4.69, 9.17) is 4.42 Å². The Bertz CT molecular complexity index is 543. The second-order valence-electron chi connectivity index (χ2n) is 4.94. The van der Waals surface area contributed by atoms with Crippen molar-refractivity contribution in [2.45, 2.75) is 27.3 Å². The normalized spacial score (nSPS) is 12.4. The molecule has 1 atom stereocenters. The number of carbonyl (C=O) groups excluding carboxylic acids is 1. The SMILES string of the molecule is Cc1cc(C)n(C[C@H](C)CNC(=O)c2ccoc2)n1. The molecular weight excluding hydrogens is 242 g/mol. The molecule has 0 fully saturated rings. The molecule has 2 aromatic rings. The molecule has 0 aliphatic carbocycles. The third-order valence-electron chi connectivity index (χ3n) is 2.98. The molecule has 0 radical (unpaired) electrons. The lowest BCUT2D eigenvalue weighted by Crippen LogP contribution is -2.30. The highest BCUT2D eigenvalue weighted by molar-refractivity contribution is 5.93. The standard InChI is InChI=1S/C14H19N3O2/c1-10(8-17-12(3)6-11(2)16-17)7-15-14(18)13-4-5-19-9-13/h4-6,9-10H,7-8H2,1-3H3,(H,15,18)/t10-/m1/s1. The van der Waals surface area contributed by atoms with Gasteiger partial charge < -0.3 is 9.73 Å². The van der Waals surface area contributed by atoms with Crippen LogP contribution in [0.5, 0.6) is 0 Å². The number of furan rings is 1. The first-order valence-electron chi connectivity index (χ1n) is 6.37. The van der Waals surface area contributed by atoms with Gasteiger partial charge in [0.1, 0.15) is 6.26 Å². The average Bonchev–Trinajstić information content (AvgIpc) is 2.97. The van der Waals surface area contributed by atoms with Gasteiger partial charge >= 0.3 is 0 Å². The Hall–Kier alpha value is -2.04. The van der Waals surface area contributed by atoms with Crippen molar-refractivity contribution in [1.29, 1.82) is 0 Å². The highest BCUT2D eigenvalue weighted by Crippen LogP contribution is 2.06. The molecule has 1 amide bonds. The summed E-state index contributed by atoms with van der Waals surface area (Å²) in [6.45, 7) is 7.52. The number of nitrogens with one attached hydrogen (secondary N) is 1. The van der Waals surface area contributed by atoms with Crippen molar-refractivity contribution in [2.24, 2.45) is 5.92 Å². The highest BCUT2D eigenvalue weighted by Gasteiger charge is 2.10. The van der Waals surface area contributed by atoms with Crippen LogP contribution in [0.4, 0.5) is 0 Å². The van der Waals surface area contributed by atoms with Crippen LogP contribution in [0.25, 0.3) is 0 Å². The number of hydrogen-bond acceptors (Lipinski definition) is 3. The van der Waals surface area contributed by atoms with Gasteiger partial charge in [0.05, 0.1) is 17.5 Å². The van der Waals surface area contributed by atoms with Crippen molar-refractivity contribution in [3.05, 3.63) is 41.6 Å². The van der Waals surface area contributed by atoms with Crippen LogP contribution >= 0.6 is 0 Å². The minimum Gasteiger partial charge on any atom is -0.472 e. The lowest BCUT2D eigenvalue weighted by Gasteiger charge is -2.13. The van der Waals surface area contributed by atoms with Gasteiger partial charge in [-0.2, -0.15) is 5.10 Å². The maximum atomic E-state index is 11.7. The van der Waals surface area contributed by atoms with Crippen LogP contribution in [-0.2, 0) is 6.54 Å². The third-order valence-corrected chi connectivity index (χ3v) is 2.98. The largest absolute Gasteiger partial charge is 0.472 e. The first-order valence-corrected chi connectivity index (χ1v) is 6.37. The Kier molecular flexibility index (Phi) is 4.04. The summed E-state index contributed by atoms with van der Waals surface area (Å²) in [5.74, 6) is 0.211. The first kappa shape index (κ1) is 13.4. The molecule has 0 aliphatic rings. The van der Waals surface area contributed by atoms with Gasteiger partial charge in [0.2, 0.25) is 0 Å². The number of carbonyl (C=O) groups is 1. The molecule has 2 rings (SSSR count). The number of hydrogen-bond donors (Lipinski definition) is 1. The van der Waals surface area contributed by atoms with Gasteiger partial charge in [0.15, 0.2) is 0 Å². The molecule has 5 heteroatoms. The van der Waals surface area contributed by atoms with E-state index in [1.54, 1.807) is 6.07 Å². The van der Waals surface area contributed by atoms with Crippen LogP contribution in [0.1, 0.15) is 28.7 Å². The van der Waals surface area contributed by atoms with Crippen molar-refractivity contribution in [1.82, 2.24) is 15.1 Å². The van der Waals surface area contributed by atoms with Crippen LogP contribution in [0, 0.1) is 19.8 Å². The fourth-order valence-corrected chi connectivity index (χ4v) is 1.98. The average molecular weight is 261 g/mol. The van der Waals surface area contributed by atoms with Crippen LogP contribution in [-0.4, -0.2) is 22.2 Å². The lowest BCUT2D eigenvalue weighted by atomic mass is 10.1. The quantitative estimate of drug-likeness (QED) is 0.897. The fraction of sp³-hybridized carbons (Fsp3) is 0.429. The van der Waals surface area contributed by atoms with Gasteiger partial charge in [-0.15, -0.1) is 0 Å². The van der Waals surface area contributed by atoms with Crippen molar-refractivity contribution in [3.8, 4) is 0 Å². The molecule has 0 aliphatic heterocycles. The molecule has 0 bridgehead atoms. The van der Waals surface area contributed by atoms with Crippen LogP contribution in [0.3, 0.4) is 0 Å². The molecular formula is C14H19N3O2. The topological polar surface area (TPSA) is 60.1 Å². The van der Waals surface area contributed by atoms with Gasteiger partial charge in [0, 0.05) is 18.8 Å². The first-order chi connectivity index (χ1) is 9.06. The summed E-state index contributed by atoms with van der Waals surface area (Å²) in [7, 11) is 0. The fourth-order valence-electron chi connectivity index (χ4n) is 1.98. The molecule has 0 saturated heterocycles. The molecule has 2 heterocycles. The molecule has 0 spiro atoms. The summed E-state index contributed by atoms with van der Waals surface area (Å²) in [5, 5.41) is 7.31. The molecule has 2 aromatic heterocycles. The monoisotopic (exact) mass is 261 g/mol. The van der Waals surface area contributed by atoms with Gasteiger partial charge in [-0.05, 0) is 31.9 Å². The zero-order chi connectivity index (χ0) is 13.8. The number of nitrogens with zero attached hydrogens (tertiary/aromatic N) is 2. The van der Waals surface area contributed by atoms with E-state index < -0.39 is 0 Å². The lowest BCUT2D eigenvalue weighted by molar-refractivity contribution is 0.0946. The van der Waals surface area contributed by atoms with Crippen molar-refractivity contribution >= 4 is 5.91 Å². The smallest absolute Gasteiger partial charge is 0.254 e. The van der Waals surface area contributed by atoms with E-state index in [1.807, 2.05) is 18.5 Å². The second-order valence-corrected chi connectivity index (χ2v) is 4.94. The summed E-state index contributed by atoms with van der Waals surface area (Å²) in [5.41, 5.74) is 2.72. The van der Waals surface area contributed by atoms with Gasteiger partial charge in [0.25, 0.3) is 5.91 Å². The predicted octanol–water partition coefficient (Wildman–Crippen LogP) is 2.16. The Balaban J connectivity index is 1.83. The maximum absolute atomic E-state index is 11.7. The molecule has 19 heavy (non-hydrogen) atoms. The molecule has 0 saturated carbocycles. The van der Waals surface area contributed by atoms with E-state index >= 15 is 0 Å². The zero-order valence-corrected chi connectivity index (χ0v) is 11.5. The summed E-state index contributed by atoms with van der Waals surface area (Å²) >= 11 is 0. The molecule has 1 N–H and O–H groups in total. The number of amides is 1. The zero-order valence-electron chi connectivity index (χ0n) is 11.5.